The number of nitrogens with zero attached hydrogens (tertiary/aromatic N) is 2. The van der Waals surface area contributed by atoms with Gasteiger partial charge in [0, 0.05) is 15.4 Å². The number of hydrogen-bond donors (Lipinski definition) is 0. The number of fused-ring (bicyclic) bond motifs is 8. The lowest BCUT2D eigenvalue weighted by Gasteiger charge is -2.32. The number of pyridine rings is 1. The maximum atomic E-state index is 4.97. The van der Waals surface area contributed by atoms with Crippen LogP contribution in [-0.2, 0) is 0 Å². The summed E-state index contributed by atoms with van der Waals surface area (Å²) in [6, 6.07) is 45.7. The van der Waals surface area contributed by atoms with Crippen LogP contribution in [0.3, 0.4) is 0 Å². The maximum Gasteiger partial charge on any atom is 0.0703 e. The normalized spacial score (nSPS) is 12.6. The molecule has 0 fully saturated rings. The van der Waals surface area contributed by atoms with Crippen LogP contribution in [0.5, 0.6) is 0 Å². The number of hydrogen-bond acceptors (Lipinski definition) is 3. The molecule has 0 amide bonds. The van der Waals surface area contributed by atoms with E-state index in [1.54, 1.807) is 0 Å². The second-order valence-corrected chi connectivity index (χ2v) is 10.7. The third-order valence-corrected chi connectivity index (χ3v) is 8.61. The van der Waals surface area contributed by atoms with Crippen molar-refractivity contribution in [3.63, 3.8) is 0 Å². The average molecular weight is 503 g/mol. The number of benzene rings is 6. The summed E-state index contributed by atoms with van der Waals surface area (Å²) in [5, 5.41) is 7.69. The Morgan fingerprint density at radius 3 is 1.58 bits per heavy atom. The van der Waals surface area contributed by atoms with E-state index in [0.29, 0.717) is 0 Å². The Morgan fingerprint density at radius 2 is 1.00 bits per heavy atom. The maximum absolute atomic E-state index is 4.97. The minimum atomic E-state index is 0.973. The number of anilines is 3. The second kappa shape index (κ2) is 8.47. The SMILES string of the molecule is c1ccc2c(c1)Sc1ccccc1N2c1ccc(-c2ccc3c4ccccc4c4ccccc4c3c2)nc1. The van der Waals surface area contributed by atoms with Crippen molar-refractivity contribution in [2.45, 2.75) is 9.79 Å². The van der Waals surface area contributed by atoms with Crippen LogP contribution >= 0.6 is 11.8 Å². The van der Waals surface area contributed by atoms with Crippen molar-refractivity contribution in [3.8, 4) is 11.3 Å². The fourth-order valence-corrected chi connectivity index (χ4v) is 6.80. The molecule has 1 aliphatic rings. The zero-order chi connectivity index (χ0) is 25.1. The van der Waals surface area contributed by atoms with E-state index < -0.39 is 0 Å². The molecule has 6 aromatic carbocycles. The van der Waals surface area contributed by atoms with Gasteiger partial charge in [-0.25, -0.2) is 0 Å². The van der Waals surface area contributed by atoms with E-state index in [9.17, 15) is 0 Å². The Balaban J connectivity index is 1.26. The molecule has 0 saturated carbocycles. The molecule has 1 aromatic heterocycles. The first kappa shape index (κ1) is 21.5. The number of aromatic nitrogens is 1. The first-order valence-electron chi connectivity index (χ1n) is 12.8. The van der Waals surface area contributed by atoms with E-state index in [1.807, 2.05) is 18.0 Å². The van der Waals surface area contributed by atoms with Gasteiger partial charge in [0.05, 0.1) is 29.0 Å². The van der Waals surface area contributed by atoms with Gasteiger partial charge in [-0.1, -0.05) is 96.7 Å². The van der Waals surface area contributed by atoms with Crippen LogP contribution in [0.1, 0.15) is 0 Å². The van der Waals surface area contributed by atoms with E-state index in [-0.39, 0.29) is 0 Å². The quantitative estimate of drug-likeness (QED) is 0.219. The van der Waals surface area contributed by atoms with Gasteiger partial charge in [-0.05, 0) is 74.8 Å². The zero-order valence-electron chi connectivity index (χ0n) is 20.5. The summed E-state index contributed by atoms with van der Waals surface area (Å²) in [5.74, 6) is 0. The highest BCUT2D eigenvalue weighted by molar-refractivity contribution is 7.99. The van der Waals surface area contributed by atoms with Crippen molar-refractivity contribution in [2.75, 3.05) is 4.90 Å². The molecule has 0 radical (unpaired) electrons. The smallest absolute Gasteiger partial charge is 0.0703 e. The van der Waals surface area contributed by atoms with Gasteiger partial charge in [0.1, 0.15) is 0 Å². The first-order valence-corrected chi connectivity index (χ1v) is 13.6. The van der Waals surface area contributed by atoms with Crippen molar-refractivity contribution in [3.05, 3.63) is 134 Å². The second-order valence-electron chi connectivity index (χ2n) is 9.63. The molecule has 0 unspecified atom stereocenters. The van der Waals surface area contributed by atoms with Crippen LogP contribution in [0.2, 0.25) is 0 Å². The topological polar surface area (TPSA) is 16.1 Å². The van der Waals surface area contributed by atoms with Crippen LogP contribution in [-0.4, -0.2) is 4.98 Å². The van der Waals surface area contributed by atoms with E-state index >= 15 is 0 Å². The zero-order valence-corrected chi connectivity index (χ0v) is 21.3. The third kappa shape index (κ3) is 3.26. The molecule has 0 spiro atoms. The van der Waals surface area contributed by atoms with Crippen LogP contribution in [0.15, 0.2) is 143 Å². The Labute approximate surface area is 225 Å². The molecule has 0 saturated heterocycles. The van der Waals surface area contributed by atoms with Crippen molar-refractivity contribution in [1.82, 2.24) is 4.98 Å². The average Bonchev–Trinajstić information content (AvgIpc) is 3.00. The van der Waals surface area contributed by atoms with Gasteiger partial charge >= 0.3 is 0 Å². The summed E-state index contributed by atoms with van der Waals surface area (Å²) in [7, 11) is 0. The van der Waals surface area contributed by atoms with Crippen molar-refractivity contribution in [1.29, 1.82) is 0 Å². The van der Waals surface area contributed by atoms with Crippen LogP contribution in [0, 0.1) is 0 Å². The fourth-order valence-electron chi connectivity index (χ4n) is 5.74. The van der Waals surface area contributed by atoms with Crippen molar-refractivity contribution >= 4 is 61.1 Å². The van der Waals surface area contributed by atoms with Crippen LogP contribution in [0.25, 0.3) is 43.6 Å². The molecule has 1 aliphatic heterocycles. The lowest BCUT2D eigenvalue weighted by atomic mass is 9.93. The van der Waals surface area contributed by atoms with E-state index in [2.05, 4.69) is 132 Å². The minimum Gasteiger partial charge on any atom is -0.307 e. The van der Waals surface area contributed by atoms with Gasteiger partial charge in [0.15, 0.2) is 0 Å². The van der Waals surface area contributed by atoms with Gasteiger partial charge in [-0.15, -0.1) is 0 Å². The number of para-hydroxylation sites is 2. The highest BCUT2D eigenvalue weighted by Gasteiger charge is 2.24. The molecule has 0 bridgehead atoms. The van der Waals surface area contributed by atoms with Crippen molar-refractivity contribution < 1.29 is 0 Å². The molecule has 0 N–H and O–H groups in total. The highest BCUT2D eigenvalue weighted by atomic mass is 32.2. The van der Waals surface area contributed by atoms with Gasteiger partial charge in [0.25, 0.3) is 0 Å². The Morgan fingerprint density at radius 1 is 0.474 bits per heavy atom. The summed E-state index contributed by atoms with van der Waals surface area (Å²) in [6.45, 7) is 0. The lowest BCUT2D eigenvalue weighted by molar-refractivity contribution is 1.15. The van der Waals surface area contributed by atoms with Gasteiger partial charge < -0.3 is 4.90 Å². The molecule has 2 heterocycles. The number of rotatable bonds is 2. The minimum absolute atomic E-state index is 0.973. The van der Waals surface area contributed by atoms with Gasteiger partial charge in [-0.2, -0.15) is 0 Å². The summed E-state index contributed by atoms with van der Waals surface area (Å²) in [6.07, 6.45) is 2.00. The predicted molar refractivity (Wildman–Crippen MR) is 161 cm³/mol. The lowest BCUT2D eigenvalue weighted by Crippen LogP contribution is -2.14. The highest BCUT2D eigenvalue weighted by Crippen LogP contribution is 2.51. The summed E-state index contributed by atoms with van der Waals surface area (Å²) in [4.78, 5) is 9.80. The molecule has 0 aliphatic carbocycles. The molecule has 2 nitrogen and oxygen atoms in total. The summed E-state index contributed by atoms with van der Waals surface area (Å²) in [5.41, 5.74) is 5.54. The summed E-state index contributed by atoms with van der Waals surface area (Å²) >= 11 is 1.82. The van der Waals surface area contributed by atoms with E-state index in [1.165, 1.54) is 53.5 Å². The molecular weight excluding hydrogens is 480 g/mol. The largest absolute Gasteiger partial charge is 0.307 e. The molecular formula is C35H22N2S. The standard InChI is InChI=1S/C35H22N2S/c1-2-11-27-25(9-1)26-10-3-4-12-28(26)30-21-23(17-19-29(27)30)31-20-18-24(22-36-31)37-32-13-5-7-15-34(32)38-35-16-8-6-14-33(35)37/h1-22H. The molecule has 3 heteroatoms. The Kier molecular flexibility index (Phi) is 4.79. The van der Waals surface area contributed by atoms with E-state index in [4.69, 9.17) is 4.98 Å². The summed E-state index contributed by atoms with van der Waals surface area (Å²) < 4.78 is 0. The monoisotopic (exact) mass is 502 g/mol. The van der Waals surface area contributed by atoms with Crippen LogP contribution in [0.4, 0.5) is 17.1 Å². The Bertz CT molecular complexity index is 1930. The van der Waals surface area contributed by atoms with E-state index in [0.717, 1.165) is 16.9 Å². The van der Waals surface area contributed by atoms with Gasteiger partial charge in [0.2, 0.25) is 0 Å². The van der Waals surface area contributed by atoms with Crippen LogP contribution < -0.4 is 4.90 Å². The molecule has 0 atom stereocenters. The molecule has 7 aromatic rings. The molecule has 8 rings (SSSR count). The Hall–Kier alpha value is -4.60. The van der Waals surface area contributed by atoms with Gasteiger partial charge in [-0.3, -0.25) is 4.98 Å². The third-order valence-electron chi connectivity index (χ3n) is 7.48. The fraction of sp³-hybridized carbons (Fsp3) is 0. The first-order chi connectivity index (χ1) is 18.8. The predicted octanol–water partition coefficient (Wildman–Crippen LogP) is 10.1. The molecule has 38 heavy (non-hydrogen) atoms. The molecule has 178 valence electrons. The van der Waals surface area contributed by atoms with Crippen molar-refractivity contribution in [2.24, 2.45) is 0 Å².